The van der Waals surface area contributed by atoms with Gasteiger partial charge in [-0.05, 0) is 51.9 Å². The number of aliphatic hydroxyl groups is 1. The largest absolute Gasteiger partial charge is 0.456 e. The highest BCUT2D eigenvalue weighted by molar-refractivity contribution is 5.82. The van der Waals surface area contributed by atoms with Gasteiger partial charge in [0.25, 0.3) is 0 Å². The van der Waals surface area contributed by atoms with E-state index < -0.39 is 24.3 Å². The van der Waals surface area contributed by atoms with Gasteiger partial charge in [-0.1, -0.05) is 54.2 Å². The molecule has 37 heavy (non-hydrogen) atoms. The third-order valence-corrected chi connectivity index (χ3v) is 7.45. The first-order valence-corrected chi connectivity index (χ1v) is 13.6. The number of rotatable bonds is 4. The molecule has 2 bridgehead atoms. The first-order chi connectivity index (χ1) is 17.9. The molecule has 4 aliphatic heterocycles. The number of esters is 1. The van der Waals surface area contributed by atoms with Crippen LogP contribution in [0.1, 0.15) is 58.3 Å². The second-order valence-electron chi connectivity index (χ2n) is 10.6. The highest BCUT2D eigenvalue weighted by Crippen LogP contribution is 2.34. The molecule has 0 aromatic heterocycles. The Kier molecular flexibility index (Phi) is 10.3. The minimum absolute atomic E-state index is 0.0393. The summed E-state index contributed by atoms with van der Waals surface area (Å²) in [6.45, 7) is 6.85. The molecule has 1 N–H and O–H groups in total. The fourth-order valence-corrected chi connectivity index (χ4v) is 5.28. The molecule has 7 nitrogen and oxygen atoms in total. The zero-order valence-electron chi connectivity index (χ0n) is 22.1. The van der Waals surface area contributed by atoms with Gasteiger partial charge in [0, 0.05) is 19.6 Å². The van der Waals surface area contributed by atoms with E-state index in [4.69, 9.17) is 23.7 Å². The number of fused-ring (bicyclic) bond motifs is 3. The van der Waals surface area contributed by atoms with Crippen molar-refractivity contribution in [2.75, 3.05) is 13.7 Å². The summed E-state index contributed by atoms with van der Waals surface area (Å²) in [6.07, 6.45) is 17.4. The lowest BCUT2D eigenvalue weighted by atomic mass is 9.97. The van der Waals surface area contributed by atoms with Gasteiger partial charge in [0.15, 0.2) is 0 Å². The van der Waals surface area contributed by atoms with Crippen LogP contribution in [0.2, 0.25) is 0 Å². The number of epoxide rings is 1. The highest BCUT2D eigenvalue weighted by Gasteiger charge is 2.47. The van der Waals surface area contributed by atoms with E-state index in [-0.39, 0.29) is 30.5 Å². The summed E-state index contributed by atoms with van der Waals surface area (Å²) in [5.41, 5.74) is 2.31. The van der Waals surface area contributed by atoms with E-state index in [1.54, 1.807) is 7.11 Å². The molecule has 1 fully saturated rings. The van der Waals surface area contributed by atoms with Gasteiger partial charge in [0.1, 0.15) is 18.3 Å². The van der Waals surface area contributed by atoms with Crippen molar-refractivity contribution in [1.82, 2.24) is 0 Å². The van der Waals surface area contributed by atoms with Gasteiger partial charge < -0.3 is 28.8 Å². The van der Waals surface area contributed by atoms with Crippen LogP contribution in [0.25, 0.3) is 0 Å². The highest BCUT2D eigenvalue weighted by atomic mass is 16.6. The summed E-state index contributed by atoms with van der Waals surface area (Å²) in [5, 5.41) is 10.8. The molecule has 0 saturated carbocycles. The SMILES string of the molecule is C=C1CCC[C@@H]2CC=C[C@@H](C/C=C\C(=O)O[C@H]([C@H](/C=C/[C@@H]3CC(C)=CCO3)OC)C[C@H]3O[C@H]3[C@@H](O)C1)O2. The standard InChI is InChI=1S/C30H42O7/c1-20-7-4-8-22-9-5-10-23(35-22)11-6-12-29(32)36-27(19-28-30(37-28)25(31)18-20)26(33-3)14-13-24-17-21(2)15-16-34-24/h5-6,10,12-15,22-28,30-31H,1,4,7-9,11,16-19H2,2-3H3/b12-6-,14-13+/t22-,23+,24-,25+,26+,27+,28-,30+/m1/s1. The zero-order chi connectivity index (χ0) is 26.2. The Labute approximate surface area is 220 Å². The number of hydrogen-bond acceptors (Lipinski definition) is 7. The predicted molar refractivity (Wildman–Crippen MR) is 141 cm³/mol. The minimum atomic E-state index is -0.632. The molecule has 0 aliphatic carbocycles. The second-order valence-corrected chi connectivity index (χ2v) is 10.6. The van der Waals surface area contributed by atoms with Gasteiger partial charge in [0.05, 0.1) is 37.1 Å². The quantitative estimate of drug-likeness (QED) is 0.335. The maximum atomic E-state index is 12.8. The molecular weight excluding hydrogens is 472 g/mol. The predicted octanol–water partition coefficient (Wildman–Crippen LogP) is 4.51. The molecule has 0 aromatic rings. The van der Waals surface area contributed by atoms with E-state index in [0.717, 1.165) is 37.7 Å². The van der Waals surface area contributed by atoms with Gasteiger partial charge in [-0.25, -0.2) is 4.79 Å². The van der Waals surface area contributed by atoms with E-state index in [2.05, 4.69) is 31.7 Å². The monoisotopic (exact) mass is 514 g/mol. The van der Waals surface area contributed by atoms with Crippen LogP contribution in [0, 0.1) is 0 Å². The van der Waals surface area contributed by atoms with Crippen molar-refractivity contribution in [3.8, 4) is 0 Å². The van der Waals surface area contributed by atoms with Crippen LogP contribution in [-0.2, 0) is 28.5 Å². The summed E-state index contributed by atoms with van der Waals surface area (Å²) >= 11 is 0. The summed E-state index contributed by atoms with van der Waals surface area (Å²) in [7, 11) is 1.60. The number of carbonyl (C=O) groups excluding carboxylic acids is 1. The normalized spacial score (nSPS) is 37.6. The lowest BCUT2D eigenvalue weighted by molar-refractivity contribution is -0.149. The fourth-order valence-electron chi connectivity index (χ4n) is 5.28. The fraction of sp³-hybridized carbons (Fsp3) is 0.633. The average Bonchev–Trinajstić information content (AvgIpc) is 3.63. The Morgan fingerprint density at radius 2 is 2.08 bits per heavy atom. The third-order valence-electron chi connectivity index (χ3n) is 7.45. The lowest BCUT2D eigenvalue weighted by Crippen LogP contribution is -2.34. The summed E-state index contributed by atoms with van der Waals surface area (Å²) in [4.78, 5) is 12.8. The minimum Gasteiger partial charge on any atom is -0.456 e. The van der Waals surface area contributed by atoms with E-state index in [1.165, 1.54) is 11.6 Å². The van der Waals surface area contributed by atoms with Crippen molar-refractivity contribution in [2.45, 2.75) is 107 Å². The topological polar surface area (TPSA) is 86.8 Å². The Balaban J connectivity index is 1.46. The first-order valence-electron chi connectivity index (χ1n) is 13.6. The maximum absolute atomic E-state index is 12.8. The maximum Gasteiger partial charge on any atom is 0.330 e. The number of carbonyl (C=O) groups is 1. The molecule has 4 heterocycles. The van der Waals surface area contributed by atoms with Crippen LogP contribution in [-0.4, -0.2) is 73.6 Å². The molecule has 204 valence electrons. The third kappa shape index (κ3) is 8.76. The van der Waals surface area contributed by atoms with Crippen molar-refractivity contribution in [2.24, 2.45) is 0 Å². The molecule has 0 spiro atoms. The summed E-state index contributed by atoms with van der Waals surface area (Å²) in [6, 6.07) is 0. The number of cyclic esters (lactones) is 1. The van der Waals surface area contributed by atoms with Gasteiger partial charge in [-0.3, -0.25) is 0 Å². The molecule has 0 amide bonds. The van der Waals surface area contributed by atoms with E-state index >= 15 is 0 Å². The Hall–Kier alpha value is -2.03. The van der Waals surface area contributed by atoms with Crippen LogP contribution in [0.4, 0.5) is 0 Å². The zero-order valence-corrected chi connectivity index (χ0v) is 22.1. The van der Waals surface area contributed by atoms with E-state index in [1.807, 2.05) is 18.2 Å². The smallest absolute Gasteiger partial charge is 0.330 e. The van der Waals surface area contributed by atoms with Gasteiger partial charge >= 0.3 is 5.97 Å². The Bertz CT molecular complexity index is 904. The second kappa shape index (κ2) is 13.7. The van der Waals surface area contributed by atoms with Gasteiger partial charge in [0.2, 0.25) is 0 Å². The molecule has 4 aliphatic rings. The number of hydrogen-bond donors (Lipinski definition) is 1. The average molecular weight is 515 g/mol. The molecule has 0 aromatic carbocycles. The Morgan fingerprint density at radius 1 is 1.22 bits per heavy atom. The van der Waals surface area contributed by atoms with Crippen molar-refractivity contribution >= 4 is 5.97 Å². The Morgan fingerprint density at radius 3 is 2.89 bits per heavy atom. The van der Waals surface area contributed by atoms with Gasteiger partial charge in [-0.15, -0.1) is 0 Å². The van der Waals surface area contributed by atoms with Crippen LogP contribution in [0.3, 0.4) is 0 Å². The molecule has 8 atom stereocenters. The first kappa shape index (κ1) is 28.0. The van der Waals surface area contributed by atoms with Crippen molar-refractivity contribution in [1.29, 1.82) is 0 Å². The summed E-state index contributed by atoms with van der Waals surface area (Å²) < 4.78 is 29.4. The molecule has 7 heteroatoms. The van der Waals surface area contributed by atoms with Crippen LogP contribution >= 0.6 is 0 Å². The van der Waals surface area contributed by atoms with Crippen LogP contribution in [0.5, 0.6) is 0 Å². The molecule has 1 saturated heterocycles. The van der Waals surface area contributed by atoms with Crippen LogP contribution in [0.15, 0.2) is 60.3 Å². The van der Waals surface area contributed by atoms with Gasteiger partial charge in [-0.2, -0.15) is 0 Å². The number of aliphatic hydroxyl groups excluding tert-OH is 1. The van der Waals surface area contributed by atoms with Crippen molar-refractivity contribution in [3.63, 3.8) is 0 Å². The molecule has 4 rings (SSSR count). The van der Waals surface area contributed by atoms with E-state index in [9.17, 15) is 9.90 Å². The number of ether oxygens (including phenoxy) is 5. The molecule has 0 unspecified atom stereocenters. The van der Waals surface area contributed by atoms with Crippen molar-refractivity contribution < 1.29 is 33.6 Å². The van der Waals surface area contributed by atoms with Crippen molar-refractivity contribution in [3.05, 3.63) is 60.3 Å². The number of methoxy groups -OCH3 is 1. The van der Waals surface area contributed by atoms with Crippen LogP contribution < -0.4 is 0 Å². The molecular formula is C30H42O7. The molecule has 0 radical (unpaired) electrons. The summed E-state index contributed by atoms with van der Waals surface area (Å²) in [5.74, 6) is -0.434. The lowest BCUT2D eigenvalue weighted by Gasteiger charge is -2.26. The van der Waals surface area contributed by atoms with E-state index in [0.29, 0.717) is 25.9 Å².